The van der Waals surface area contributed by atoms with E-state index in [-0.39, 0.29) is 0 Å². The van der Waals surface area contributed by atoms with Gasteiger partial charge in [0.25, 0.3) is 0 Å². The number of rotatable bonds is 3. The Morgan fingerprint density at radius 1 is 0.955 bits per heavy atom. The molecule has 3 rings (SSSR count). The fourth-order valence-electron chi connectivity index (χ4n) is 2.83. The first-order chi connectivity index (χ1) is 10.8. The van der Waals surface area contributed by atoms with Crippen molar-refractivity contribution in [2.75, 3.05) is 13.1 Å². The molecular weight excluding hydrogens is 288 g/mol. The van der Waals surface area contributed by atoms with Crippen molar-refractivity contribution >= 4 is 28.2 Å². The average Bonchev–Trinajstić information content (AvgIpc) is 2.96. The Hall–Kier alpha value is -2.13. The molecule has 0 radical (unpaired) electrons. The molecule has 0 aliphatic heterocycles. The number of aromatic nitrogens is 1. The predicted molar refractivity (Wildman–Crippen MR) is 98.3 cm³/mol. The van der Waals surface area contributed by atoms with Gasteiger partial charge in [-0.1, -0.05) is 48.5 Å². The molecule has 0 unspecified atom stereocenters. The van der Waals surface area contributed by atoms with Gasteiger partial charge in [-0.05, 0) is 37.7 Å². The second-order valence-electron chi connectivity index (χ2n) is 5.25. The average molecular weight is 308 g/mol. The second-order valence-corrected chi connectivity index (χ2v) is 5.62. The molecule has 1 heterocycles. The third-order valence-electron chi connectivity index (χ3n) is 4.04. The molecule has 3 aromatic rings. The quantitative estimate of drug-likeness (QED) is 0.643. The van der Waals surface area contributed by atoms with Gasteiger partial charge in [-0.3, -0.25) is 4.57 Å². The van der Waals surface area contributed by atoms with Crippen LogP contribution in [0.2, 0.25) is 0 Å². The van der Waals surface area contributed by atoms with E-state index in [2.05, 4.69) is 78.0 Å². The van der Waals surface area contributed by atoms with Crippen molar-refractivity contribution < 1.29 is 0 Å². The van der Waals surface area contributed by atoms with E-state index >= 15 is 0 Å². The summed E-state index contributed by atoms with van der Waals surface area (Å²) >= 11 is 5.72. The highest BCUT2D eigenvalue weighted by molar-refractivity contribution is 7.80. The Morgan fingerprint density at radius 2 is 1.59 bits per heavy atom. The molecule has 0 amide bonds. The van der Waals surface area contributed by atoms with Crippen LogP contribution in [0.5, 0.6) is 0 Å². The first-order valence-electron chi connectivity index (χ1n) is 7.71. The van der Waals surface area contributed by atoms with Crippen molar-refractivity contribution in [3.8, 4) is 11.1 Å². The number of para-hydroxylation sites is 1. The van der Waals surface area contributed by atoms with Gasteiger partial charge in [0.2, 0.25) is 0 Å². The monoisotopic (exact) mass is 308 g/mol. The minimum Gasteiger partial charge on any atom is -0.349 e. The van der Waals surface area contributed by atoms with Crippen molar-refractivity contribution in [3.05, 3.63) is 60.8 Å². The molecule has 0 aliphatic rings. The lowest BCUT2D eigenvalue weighted by Crippen LogP contribution is -2.33. The zero-order valence-electron chi connectivity index (χ0n) is 13.0. The van der Waals surface area contributed by atoms with Crippen LogP contribution in [0.4, 0.5) is 0 Å². The first-order valence-corrected chi connectivity index (χ1v) is 8.11. The molecule has 0 atom stereocenters. The lowest BCUT2D eigenvalue weighted by Gasteiger charge is -2.22. The molecule has 0 fully saturated rings. The molecule has 0 saturated carbocycles. The number of hydrogen-bond acceptors (Lipinski definition) is 1. The fourth-order valence-corrected chi connectivity index (χ4v) is 3.24. The highest BCUT2D eigenvalue weighted by atomic mass is 32.1. The zero-order chi connectivity index (χ0) is 15.5. The summed E-state index contributed by atoms with van der Waals surface area (Å²) in [5, 5.41) is 2.10. The maximum atomic E-state index is 5.72. The summed E-state index contributed by atoms with van der Waals surface area (Å²) in [4.78, 5) is 2.20. The van der Waals surface area contributed by atoms with E-state index in [1.807, 2.05) is 6.07 Å². The number of benzene rings is 2. The fraction of sp³-hybridized carbons (Fsp3) is 0.211. The van der Waals surface area contributed by atoms with Gasteiger partial charge in [0, 0.05) is 30.2 Å². The lowest BCUT2D eigenvalue weighted by molar-refractivity contribution is 0.461. The first kappa shape index (κ1) is 14.8. The Bertz CT molecular complexity index is 786. The largest absolute Gasteiger partial charge is 0.349 e. The summed E-state index contributed by atoms with van der Waals surface area (Å²) in [5.41, 5.74) is 3.61. The summed E-state index contributed by atoms with van der Waals surface area (Å²) in [6, 6.07) is 18.9. The number of hydrogen-bond donors (Lipinski definition) is 0. The molecule has 1 aromatic heterocycles. The molecule has 0 spiro atoms. The minimum absolute atomic E-state index is 0.864. The normalized spacial score (nSPS) is 10.8. The Morgan fingerprint density at radius 3 is 2.27 bits per heavy atom. The number of thiocarbonyl (C=S) groups is 1. The van der Waals surface area contributed by atoms with Crippen molar-refractivity contribution in [2.24, 2.45) is 0 Å². The molecule has 2 aromatic carbocycles. The van der Waals surface area contributed by atoms with Crippen LogP contribution in [0, 0.1) is 0 Å². The summed E-state index contributed by atoms with van der Waals surface area (Å²) in [7, 11) is 0. The third kappa shape index (κ3) is 2.53. The molecular formula is C19H20N2S. The summed E-state index contributed by atoms with van der Waals surface area (Å²) in [6.07, 6.45) is 2.17. The van der Waals surface area contributed by atoms with Crippen molar-refractivity contribution in [2.45, 2.75) is 13.8 Å². The van der Waals surface area contributed by atoms with Crippen LogP contribution >= 0.6 is 12.2 Å². The zero-order valence-corrected chi connectivity index (χ0v) is 13.8. The Labute approximate surface area is 137 Å². The maximum Gasteiger partial charge on any atom is 0.180 e. The van der Waals surface area contributed by atoms with Crippen LogP contribution in [0.15, 0.2) is 60.8 Å². The van der Waals surface area contributed by atoms with E-state index < -0.39 is 0 Å². The van der Waals surface area contributed by atoms with Gasteiger partial charge >= 0.3 is 0 Å². The van der Waals surface area contributed by atoms with Gasteiger partial charge in [-0.25, -0.2) is 0 Å². The Balaban J connectivity index is 2.19. The van der Waals surface area contributed by atoms with E-state index in [4.69, 9.17) is 12.2 Å². The van der Waals surface area contributed by atoms with Crippen LogP contribution in [0.3, 0.4) is 0 Å². The van der Waals surface area contributed by atoms with E-state index in [1.54, 1.807) is 0 Å². The van der Waals surface area contributed by atoms with E-state index in [9.17, 15) is 0 Å². The van der Waals surface area contributed by atoms with Gasteiger partial charge in [0.15, 0.2) is 5.11 Å². The molecule has 0 aliphatic carbocycles. The highest BCUT2D eigenvalue weighted by Crippen LogP contribution is 2.30. The van der Waals surface area contributed by atoms with Crippen LogP contribution in [0.1, 0.15) is 13.8 Å². The Kier molecular flexibility index (Phi) is 4.25. The van der Waals surface area contributed by atoms with Crippen LogP contribution < -0.4 is 0 Å². The van der Waals surface area contributed by atoms with Gasteiger partial charge in [0.05, 0.1) is 5.52 Å². The van der Waals surface area contributed by atoms with Crippen LogP contribution in [-0.2, 0) is 0 Å². The van der Waals surface area contributed by atoms with E-state index in [0.29, 0.717) is 0 Å². The van der Waals surface area contributed by atoms with Crippen LogP contribution in [-0.4, -0.2) is 27.7 Å². The molecule has 112 valence electrons. The van der Waals surface area contributed by atoms with Gasteiger partial charge in [-0.2, -0.15) is 0 Å². The molecule has 0 bridgehead atoms. The van der Waals surface area contributed by atoms with Crippen molar-refractivity contribution in [1.82, 2.24) is 9.47 Å². The molecule has 2 nitrogen and oxygen atoms in total. The van der Waals surface area contributed by atoms with Gasteiger partial charge in [0.1, 0.15) is 0 Å². The highest BCUT2D eigenvalue weighted by Gasteiger charge is 2.14. The molecule has 3 heteroatoms. The lowest BCUT2D eigenvalue weighted by atomic mass is 10.1. The number of fused-ring (bicyclic) bond motifs is 1. The maximum absolute atomic E-state index is 5.72. The topological polar surface area (TPSA) is 8.17 Å². The van der Waals surface area contributed by atoms with Gasteiger partial charge < -0.3 is 4.90 Å². The van der Waals surface area contributed by atoms with Crippen molar-refractivity contribution in [1.29, 1.82) is 0 Å². The SMILES string of the molecule is CCN(CC)C(=S)n1cc(-c2ccccc2)c2ccccc21. The second kappa shape index (κ2) is 6.32. The molecule has 0 saturated heterocycles. The molecule has 22 heavy (non-hydrogen) atoms. The number of nitrogens with zero attached hydrogens (tertiary/aromatic N) is 2. The third-order valence-corrected chi connectivity index (χ3v) is 4.49. The standard InChI is InChI=1S/C19H20N2S/c1-3-20(4-2)19(22)21-14-17(15-10-6-5-7-11-15)16-12-8-9-13-18(16)21/h5-14H,3-4H2,1-2H3. The summed E-state index contributed by atoms with van der Waals surface area (Å²) in [6.45, 7) is 6.12. The minimum atomic E-state index is 0.864. The van der Waals surface area contributed by atoms with E-state index in [0.717, 1.165) is 18.2 Å². The molecule has 0 N–H and O–H groups in total. The van der Waals surface area contributed by atoms with Crippen molar-refractivity contribution in [3.63, 3.8) is 0 Å². The predicted octanol–water partition coefficient (Wildman–Crippen LogP) is 4.78. The van der Waals surface area contributed by atoms with E-state index in [1.165, 1.54) is 22.0 Å². The summed E-state index contributed by atoms with van der Waals surface area (Å²) in [5.74, 6) is 0. The van der Waals surface area contributed by atoms with Gasteiger partial charge in [-0.15, -0.1) is 0 Å². The smallest absolute Gasteiger partial charge is 0.180 e. The van der Waals surface area contributed by atoms with Crippen LogP contribution in [0.25, 0.3) is 22.0 Å². The summed E-state index contributed by atoms with van der Waals surface area (Å²) < 4.78 is 2.14.